The summed E-state index contributed by atoms with van der Waals surface area (Å²) in [5.74, 6) is 1.76. The van der Waals surface area contributed by atoms with Crippen molar-refractivity contribution in [3.63, 3.8) is 0 Å². The van der Waals surface area contributed by atoms with Crippen molar-refractivity contribution in [3.8, 4) is 11.5 Å². The summed E-state index contributed by atoms with van der Waals surface area (Å²) in [4.78, 5) is 4.37. The van der Waals surface area contributed by atoms with Crippen molar-refractivity contribution in [2.45, 2.75) is 31.2 Å². The van der Waals surface area contributed by atoms with Gasteiger partial charge in [0, 0.05) is 12.5 Å². The molecule has 7 heteroatoms. The number of rotatable bonds is 3. The van der Waals surface area contributed by atoms with Crippen LogP contribution in [-0.2, 0) is 0 Å². The molecule has 1 aliphatic heterocycles. The van der Waals surface area contributed by atoms with Gasteiger partial charge in [-0.05, 0) is 25.8 Å². The molecule has 1 saturated carbocycles. The molecule has 2 fully saturated rings. The molecule has 7 nitrogen and oxygen atoms in total. The summed E-state index contributed by atoms with van der Waals surface area (Å²) in [6, 6.07) is 0.390. The summed E-state index contributed by atoms with van der Waals surface area (Å²) in [5.41, 5.74) is 0.692. The third kappa shape index (κ3) is 1.71. The van der Waals surface area contributed by atoms with E-state index in [1.807, 2.05) is 10.9 Å². The fraction of sp³-hybridized carbons (Fsp3) is 0.636. The molecule has 0 amide bonds. The Bertz CT molecular complexity index is 551. The summed E-state index contributed by atoms with van der Waals surface area (Å²) >= 11 is 0. The smallest absolute Gasteiger partial charge is 0.230 e. The van der Waals surface area contributed by atoms with E-state index in [2.05, 4.69) is 25.8 Å². The van der Waals surface area contributed by atoms with E-state index in [-0.39, 0.29) is 0 Å². The molecule has 2 aromatic heterocycles. The zero-order valence-corrected chi connectivity index (χ0v) is 9.91. The van der Waals surface area contributed by atoms with Gasteiger partial charge in [-0.1, -0.05) is 10.4 Å². The molecule has 1 N–H and O–H groups in total. The van der Waals surface area contributed by atoms with Crippen molar-refractivity contribution in [3.05, 3.63) is 12.1 Å². The van der Waals surface area contributed by atoms with Crippen LogP contribution in [0.4, 0.5) is 0 Å². The second-order valence-corrected chi connectivity index (χ2v) is 4.96. The molecule has 1 aliphatic carbocycles. The van der Waals surface area contributed by atoms with Gasteiger partial charge in [0.1, 0.15) is 0 Å². The number of hydrogen-bond donors (Lipinski definition) is 1. The van der Waals surface area contributed by atoms with Crippen LogP contribution in [0.5, 0.6) is 0 Å². The summed E-state index contributed by atoms with van der Waals surface area (Å²) in [7, 11) is 0. The van der Waals surface area contributed by atoms with Crippen LogP contribution in [0.15, 0.2) is 10.7 Å². The monoisotopic (exact) mass is 246 g/mol. The zero-order chi connectivity index (χ0) is 11.9. The molecule has 94 valence electrons. The van der Waals surface area contributed by atoms with Gasteiger partial charge < -0.3 is 9.84 Å². The van der Waals surface area contributed by atoms with E-state index in [0.29, 0.717) is 23.5 Å². The topological polar surface area (TPSA) is 81.7 Å². The summed E-state index contributed by atoms with van der Waals surface area (Å²) in [6.07, 6.45) is 5.30. The van der Waals surface area contributed by atoms with E-state index in [1.54, 1.807) is 0 Å². The Labute approximate surface area is 104 Å². The largest absolute Gasteiger partial charge is 0.339 e. The van der Waals surface area contributed by atoms with Crippen LogP contribution < -0.4 is 5.32 Å². The highest BCUT2D eigenvalue weighted by Crippen LogP contribution is 2.39. The van der Waals surface area contributed by atoms with Crippen LogP contribution in [0.2, 0.25) is 0 Å². The highest BCUT2D eigenvalue weighted by atomic mass is 16.5. The van der Waals surface area contributed by atoms with Gasteiger partial charge in [-0.15, -0.1) is 5.10 Å². The number of hydrogen-bond acceptors (Lipinski definition) is 6. The van der Waals surface area contributed by atoms with E-state index < -0.39 is 0 Å². The van der Waals surface area contributed by atoms with Crippen LogP contribution in [0, 0.1) is 0 Å². The van der Waals surface area contributed by atoms with Crippen LogP contribution in [0.25, 0.3) is 11.5 Å². The predicted molar refractivity (Wildman–Crippen MR) is 61.8 cm³/mol. The molecule has 0 bridgehead atoms. The minimum absolute atomic E-state index is 0.390. The van der Waals surface area contributed by atoms with Crippen LogP contribution >= 0.6 is 0 Å². The average Bonchev–Trinajstić information content (AvgIpc) is 2.91. The minimum Gasteiger partial charge on any atom is -0.339 e. The van der Waals surface area contributed by atoms with E-state index >= 15 is 0 Å². The quantitative estimate of drug-likeness (QED) is 0.860. The Morgan fingerprint density at radius 2 is 2.28 bits per heavy atom. The van der Waals surface area contributed by atoms with Gasteiger partial charge in [-0.2, -0.15) is 4.98 Å². The molecule has 0 aromatic carbocycles. The second-order valence-electron chi connectivity index (χ2n) is 4.96. The van der Waals surface area contributed by atoms with Crippen LogP contribution in [-0.4, -0.2) is 38.2 Å². The molecule has 2 aromatic rings. The lowest BCUT2D eigenvalue weighted by Gasteiger charge is -2.05. The first-order valence-electron chi connectivity index (χ1n) is 6.36. The molecular formula is C11H14N6O. The maximum atomic E-state index is 5.23. The molecule has 0 unspecified atom stereocenters. The maximum Gasteiger partial charge on any atom is 0.230 e. The molecule has 2 aliphatic rings. The second kappa shape index (κ2) is 3.88. The fourth-order valence-corrected chi connectivity index (χ4v) is 2.26. The Morgan fingerprint density at radius 3 is 3.06 bits per heavy atom. The Hall–Kier alpha value is -1.76. The zero-order valence-electron chi connectivity index (χ0n) is 9.91. The normalized spacial score (nSPS) is 23.7. The third-order valence-electron chi connectivity index (χ3n) is 3.52. The maximum absolute atomic E-state index is 5.23. The van der Waals surface area contributed by atoms with E-state index in [9.17, 15) is 0 Å². The molecule has 1 atom stereocenters. The molecule has 0 radical (unpaired) electrons. The first-order chi connectivity index (χ1) is 8.90. The van der Waals surface area contributed by atoms with Gasteiger partial charge in [0.15, 0.2) is 5.69 Å². The number of aromatic nitrogens is 5. The fourth-order valence-electron chi connectivity index (χ4n) is 2.26. The van der Waals surface area contributed by atoms with Crippen molar-refractivity contribution in [1.29, 1.82) is 0 Å². The van der Waals surface area contributed by atoms with Crippen molar-refractivity contribution in [2.75, 3.05) is 13.1 Å². The minimum atomic E-state index is 0.390. The Balaban J connectivity index is 1.59. The first-order valence-corrected chi connectivity index (χ1v) is 6.36. The van der Waals surface area contributed by atoms with Crippen molar-refractivity contribution < 1.29 is 4.52 Å². The lowest BCUT2D eigenvalue weighted by molar-refractivity contribution is 0.380. The van der Waals surface area contributed by atoms with Gasteiger partial charge >= 0.3 is 0 Å². The first kappa shape index (κ1) is 10.2. The van der Waals surface area contributed by atoms with Gasteiger partial charge in [-0.25, -0.2) is 4.68 Å². The highest BCUT2D eigenvalue weighted by molar-refractivity contribution is 5.45. The Kier molecular flexibility index (Phi) is 2.19. The van der Waals surface area contributed by atoms with Gasteiger partial charge in [0.25, 0.3) is 0 Å². The molecule has 0 spiro atoms. The molecule has 4 rings (SSSR count). The molecule has 3 heterocycles. The third-order valence-corrected chi connectivity index (χ3v) is 3.52. The summed E-state index contributed by atoms with van der Waals surface area (Å²) < 4.78 is 7.12. The lowest BCUT2D eigenvalue weighted by atomic mass is 10.3. The standard InChI is InChI=1S/C11H14N6O/c1-2-7(1)11-13-10(15-18-11)9-6-17(16-14-9)8-3-4-12-5-8/h6-8,12H,1-5H2/t8-/m0/s1. The SMILES string of the molecule is c1c(-c2noc(C3CC3)n2)nnn1[C@H]1CCNC1. The predicted octanol–water partition coefficient (Wildman–Crippen LogP) is 0.740. The summed E-state index contributed by atoms with van der Waals surface area (Å²) in [5, 5.41) is 15.6. The van der Waals surface area contributed by atoms with E-state index in [0.717, 1.165) is 38.2 Å². The van der Waals surface area contributed by atoms with Gasteiger partial charge in [0.05, 0.1) is 12.2 Å². The van der Waals surface area contributed by atoms with E-state index in [1.165, 1.54) is 0 Å². The highest BCUT2D eigenvalue weighted by Gasteiger charge is 2.30. The molecular weight excluding hydrogens is 232 g/mol. The summed E-state index contributed by atoms with van der Waals surface area (Å²) in [6.45, 7) is 1.98. The van der Waals surface area contributed by atoms with Crippen molar-refractivity contribution >= 4 is 0 Å². The number of nitrogens with zero attached hydrogens (tertiary/aromatic N) is 5. The van der Waals surface area contributed by atoms with Crippen molar-refractivity contribution in [1.82, 2.24) is 30.5 Å². The van der Waals surface area contributed by atoms with Crippen molar-refractivity contribution in [2.24, 2.45) is 0 Å². The van der Waals surface area contributed by atoms with Gasteiger partial charge in [0.2, 0.25) is 11.7 Å². The lowest BCUT2D eigenvalue weighted by Crippen LogP contribution is -2.13. The van der Waals surface area contributed by atoms with E-state index in [4.69, 9.17) is 4.52 Å². The van der Waals surface area contributed by atoms with Gasteiger partial charge in [-0.3, -0.25) is 0 Å². The average molecular weight is 246 g/mol. The Morgan fingerprint density at radius 1 is 1.33 bits per heavy atom. The van der Waals surface area contributed by atoms with Crippen LogP contribution in [0.3, 0.4) is 0 Å². The molecule has 18 heavy (non-hydrogen) atoms. The molecule has 1 saturated heterocycles. The van der Waals surface area contributed by atoms with Crippen LogP contribution in [0.1, 0.15) is 37.1 Å². The number of nitrogens with one attached hydrogen (secondary N) is 1.